The van der Waals surface area contributed by atoms with Crippen LogP contribution >= 0.6 is 0 Å². The fraction of sp³-hybridized carbons (Fsp3) is 0.368. The number of hydrogen-bond donors (Lipinski definition) is 1. The average molecular weight is 414 g/mol. The molecule has 148 valence electrons. The van der Waals surface area contributed by atoms with Crippen molar-refractivity contribution in [3.63, 3.8) is 0 Å². The summed E-state index contributed by atoms with van der Waals surface area (Å²) in [7, 11) is -4.46. The van der Waals surface area contributed by atoms with E-state index in [1.165, 1.54) is 31.4 Å². The largest absolute Gasteiger partial charge is 0.497 e. The van der Waals surface area contributed by atoms with Crippen molar-refractivity contribution in [2.24, 2.45) is 0 Å². The number of halogens is 1. The third kappa shape index (κ3) is 5.15. The first-order valence-electron chi connectivity index (χ1n) is 8.32. The zero-order valence-corrected chi connectivity index (χ0v) is 17.3. The summed E-state index contributed by atoms with van der Waals surface area (Å²) in [6, 6.07) is 12.4. The Hall–Kier alpha value is -1.77. The van der Waals surface area contributed by atoms with Crippen molar-refractivity contribution in [3.05, 3.63) is 60.2 Å². The lowest BCUT2D eigenvalue weighted by Crippen LogP contribution is -2.41. The van der Waals surface area contributed by atoms with Gasteiger partial charge in [-0.2, -0.15) is 0 Å². The first kappa shape index (κ1) is 21.5. The molecule has 0 saturated heterocycles. The highest BCUT2D eigenvalue weighted by Crippen LogP contribution is 2.30. The van der Waals surface area contributed by atoms with Gasteiger partial charge in [0.25, 0.3) is 0 Å². The lowest BCUT2D eigenvalue weighted by Gasteiger charge is -2.27. The summed E-state index contributed by atoms with van der Waals surface area (Å²) in [5, 5.41) is 0. The third-order valence-corrected chi connectivity index (χ3v) is 7.27. The quantitative estimate of drug-likeness (QED) is 0.753. The molecule has 0 aliphatic heterocycles. The van der Waals surface area contributed by atoms with Crippen LogP contribution in [0.5, 0.6) is 5.75 Å². The van der Waals surface area contributed by atoms with Crippen molar-refractivity contribution in [2.75, 3.05) is 7.11 Å². The van der Waals surface area contributed by atoms with E-state index in [0.717, 1.165) is 0 Å². The second kappa shape index (κ2) is 8.50. The van der Waals surface area contributed by atoms with Gasteiger partial charge in [-0.3, -0.25) is 0 Å². The number of methoxy groups -OCH3 is 1. The van der Waals surface area contributed by atoms with Crippen LogP contribution in [0, 0.1) is 0 Å². The molecule has 0 unspecified atom stereocenters. The molecule has 0 aromatic heterocycles. The van der Waals surface area contributed by atoms with Crippen LogP contribution in [0.1, 0.15) is 32.4 Å². The van der Waals surface area contributed by atoms with E-state index >= 15 is 4.39 Å². The Bertz CT molecular complexity index is 878. The summed E-state index contributed by atoms with van der Waals surface area (Å²) >= 11 is 0. The predicted molar refractivity (Wildman–Crippen MR) is 105 cm³/mol. The van der Waals surface area contributed by atoms with Crippen LogP contribution in [-0.2, 0) is 20.8 Å². The number of sulfone groups is 1. The molecule has 5 nitrogen and oxygen atoms in total. The topological polar surface area (TPSA) is 72.5 Å². The molecule has 0 aliphatic rings. The van der Waals surface area contributed by atoms with Crippen molar-refractivity contribution >= 4 is 20.8 Å². The molecule has 2 aromatic carbocycles. The number of benzene rings is 2. The first-order valence-corrected chi connectivity index (χ1v) is 11.0. The molecule has 0 saturated carbocycles. The van der Waals surface area contributed by atoms with Gasteiger partial charge in [0.1, 0.15) is 5.75 Å². The van der Waals surface area contributed by atoms with Crippen molar-refractivity contribution in [1.82, 2.24) is 4.72 Å². The summed E-state index contributed by atoms with van der Waals surface area (Å²) in [6.07, 6.45) is 0. The molecule has 8 heteroatoms. The number of nitrogens with one attached hydrogen (secondary N) is 1. The minimum atomic E-state index is -4.29. The van der Waals surface area contributed by atoms with Gasteiger partial charge < -0.3 is 4.74 Å². The number of rotatable bonds is 7. The lowest BCUT2D eigenvalue weighted by atomic mass is 10.1. The molecule has 0 radical (unpaired) electrons. The maximum atomic E-state index is 15.3. The average Bonchev–Trinajstić information content (AvgIpc) is 2.65. The Morgan fingerprint density at radius 1 is 1.04 bits per heavy atom. The Labute approximate surface area is 162 Å². The highest BCUT2D eigenvalue weighted by atomic mass is 32.2. The molecular weight excluding hydrogens is 389 g/mol. The van der Waals surface area contributed by atoms with Crippen LogP contribution < -0.4 is 9.46 Å². The van der Waals surface area contributed by atoms with Crippen LogP contribution in [0.4, 0.5) is 4.39 Å². The van der Waals surface area contributed by atoms with Gasteiger partial charge >= 0.3 is 0 Å². The zero-order valence-electron chi connectivity index (χ0n) is 15.7. The van der Waals surface area contributed by atoms with E-state index in [0.29, 0.717) is 11.3 Å². The second-order valence-electron chi connectivity index (χ2n) is 6.96. The van der Waals surface area contributed by atoms with Gasteiger partial charge in [-0.25, -0.2) is 21.7 Å². The van der Waals surface area contributed by atoms with Gasteiger partial charge in [0.2, 0.25) is 15.3 Å². The highest BCUT2D eigenvalue weighted by molar-refractivity contribution is 7.92. The van der Waals surface area contributed by atoms with Gasteiger partial charge in [-0.05, 0) is 50.6 Å². The van der Waals surface area contributed by atoms with Crippen LogP contribution in [0.2, 0.25) is 0 Å². The van der Waals surface area contributed by atoms with Gasteiger partial charge in [-0.15, -0.1) is 0 Å². The van der Waals surface area contributed by atoms with E-state index < -0.39 is 37.1 Å². The summed E-state index contributed by atoms with van der Waals surface area (Å²) in [5.41, 5.74) is -1.96. The smallest absolute Gasteiger partial charge is 0.225 e. The SMILES string of the molecule is COc1ccc([C@H](N[S@](=O)C(C)(C)C)[C@@H](F)S(=O)(=O)c2ccccc2)cc1. The molecule has 0 fully saturated rings. The van der Waals surface area contributed by atoms with Crippen LogP contribution in [0.3, 0.4) is 0 Å². The third-order valence-electron chi connectivity index (χ3n) is 3.90. The van der Waals surface area contributed by atoms with Crippen molar-refractivity contribution in [2.45, 2.75) is 42.0 Å². The fourth-order valence-electron chi connectivity index (χ4n) is 2.30. The summed E-state index contributed by atoms with van der Waals surface area (Å²) < 4.78 is 60.5. The molecule has 1 N–H and O–H groups in total. The van der Waals surface area contributed by atoms with Gasteiger partial charge in [-0.1, -0.05) is 30.3 Å². The number of ether oxygens (including phenoxy) is 1. The normalized spacial score (nSPS) is 15.7. The standard InChI is InChI=1S/C19H24FNO4S2/c1-19(2,3)26(22)21-17(14-10-12-15(25-4)13-11-14)18(20)27(23,24)16-8-6-5-7-9-16/h5-13,17-18,21H,1-4H3/t17-,18-,26+/m0/s1. The number of hydrogen-bond acceptors (Lipinski definition) is 4. The van der Waals surface area contributed by atoms with E-state index in [-0.39, 0.29) is 4.90 Å². The molecule has 0 bridgehead atoms. The zero-order chi connectivity index (χ0) is 20.2. The Kier molecular flexibility index (Phi) is 6.77. The van der Waals surface area contributed by atoms with Crippen LogP contribution in [-0.4, -0.2) is 30.0 Å². The minimum absolute atomic E-state index is 0.126. The van der Waals surface area contributed by atoms with Crippen LogP contribution in [0.15, 0.2) is 59.5 Å². The first-order chi connectivity index (χ1) is 12.6. The molecule has 0 aliphatic carbocycles. The van der Waals surface area contributed by atoms with E-state index in [1.54, 1.807) is 51.1 Å². The van der Waals surface area contributed by atoms with E-state index in [9.17, 15) is 12.6 Å². The van der Waals surface area contributed by atoms with Gasteiger partial charge in [0.05, 0.1) is 33.8 Å². The molecule has 0 spiro atoms. The molecule has 2 aromatic rings. The number of alkyl halides is 1. The molecule has 3 atom stereocenters. The van der Waals surface area contributed by atoms with E-state index in [2.05, 4.69) is 4.72 Å². The van der Waals surface area contributed by atoms with Crippen molar-refractivity contribution in [3.8, 4) is 5.75 Å². The Morgan fingerprint density at radius 2 is 1.59 bits per heavy atom. The maximum absolute atomic E-state index is 15.3. The maximum Gasteiger partial charge on any atom is 0.225 e. The van der Waals surface area contributed by atoms with Crippen molar-refractivity contribution in [1.29, 1.82) is 0 Å². The minimum Gasteiger partial charge on any atom is -0.497 e. The molecule has 0 heterocycles. The Morgan fingerprint density at radius 3 is 2.07 bits per heavy atom. The van der Waals surface area contributed by atoms with Gasteiger partial charge in [0, 0.05) is 0 Å². The fourth-order valence-corrected chi connectivity index (χ4v) is 4.60. The Balaban J connectivity index is 2.45. The molecule has 2 rings (SSSR count). The summed E-state index contributed by atoms with van der Waals surface area (Å²) in [5.74, 6) is 0.552. The molecule has 27 heavy (non-hydrogen) atoms. The van der Waals surface area contributed by atoms with Crippen molar-refractivity contribution < 1.29 is 21.8 Å². The highest BCUT2D eigenvalue weighted by Gasteiger charge is 2.38. The van der Waals surface area contributed by atoms with Gasteiger partial charge in [0.15, 0.2) is 0 Å². The molecule has 0 amide bonds. The summed E-state index contributed by atoms with van der Waals surface area (Å²) in [4.78, 5) is -0.126. The van der Waals surface area contributed by atoms with E-state index in [1.807, 2.05) is 0 Å². The van der Waals surface area contributed by atoms with Crippen LogP contribution in [0.25, 0.3) is 0 Å². The predicted octanol–water partition coefficient (Wildman–Crippen LogP) is 3.56. The second-order valence-corrected chi connectivity index (χ2v) is 11.0. The monoisotopic (exact) mass is 413 g/mol. The lowest BCUT2D eigenvalue weighted by molar-refractivity contribution is 0.353. The molecular formula is C19H24FNO4S2. The summed E-state index contributed by atoms with van der Waals surface area (Å²) in [6.45, 7) is 5.17. The van der Waals surface area contributed by atoms with E-state index in [4.69, 9.17) is 4.74 Å².